The number of nitrogens with one attached hydrogen (secondary N) is 2. The van der Waals surface area contributed by atoms with Crippen molar-refractivity contribution in [2.45, 2.75) is 43.6 Å². The van der Waals surface area contributed by atoms with Crippen LogP contribution in [0.15, 0.2) is 66.9 Å². The largest absolute Gasteiger partial charge is 0.386 e. The highest BCUT2D eigenvalue weighted by Crippen LogP contribution is 2.36. The van der Waals surface area contributed by atoms with Gasteiger partial charge in [0.1, 0.15) is 0 Å². The van der Waals surface area contributed by atoms with E-state index in [-0.39, 0.29) is 5.25 Å². The number of hydrogen-bond acceptors (Lipinski definition) is 4. The predicted octanol–water partition coefficient (Wildman–Crippen LogP) is 5.28. The molecular formula is C26H26ClN3O3S. The molecule has 8 heteroatoms. The minimum Gasteiger partial charge on any atom is -0.386 e. The molecule has 2 aromatic carbocycles. The van der Waals surface area contributed by atoms with Crippen molar-refractivity contribution in [3.05, 3.63) is 88.7 Å². The van der Waals surface area contributed by atoms with E-state index in [1.807, 2.05) is 48.5 Å². The average molecular weight is 496 g/mol. The minimum absolute atomic E-state index is 0.355. The van der Waals surface area contributed by atoms with Gasteiger partial charge in [-0.3, -0.25) is 4.98 Å². The topological polar surface area (TPSA) is 95.1 Å². The van der Waals surface area contributed by atoms with Crippen LogP contribution in [0.3, 0.4) is 0 Å². The highest BCUT2D eigenvalue weighted by Gasteiger charge is 2.38. The van der Waals surface area contributed by atoms with Gasteiger partial charge >= 0.3 is 0 Å². The Bertz CT molecular complexity index is 1470. The van der Waals surface area contributed by atoms with Gasteiger partial charge in [-0.1, -0.05) is 48.0 Å². The summed E-state index contributed by atoms with van der Waals surface area (Å²) in [5.41, 5.74) is 3.54. The van der Waals surface area contributed by atoms with Crippen molar-refractivity contribution in [1.82, 2.24) is 14.7 Å². The lowest BCUT2D eigenvalue weighted by atomic mass is 9.97. The van der Waals surface area contributed by atoms with Crippen LogP contribution in [0.1, 0.15) is 49.6 Å². The lowest BCUT2D eigenvalue weighted by Crippen LogP contribution is -2.32. The Morgan fingerprint density at radius 2 is 1.88 bits per heavy atom. The van der Waals surface area contributed by atoms with Crippen molar-refractivity contribution in [3.8, 4) is 11.3 Å². The number of aromatic amines is 1. The molecule has 176 valence electrons. The molecular weight excluding hydrogens is 470 g/mol. The second-order valence-electron chi connectivity index (χ2n) is 9.30. The van der Waals surface area contributed by atoms with Crippen LogP contribution in [0.2, 0.25) is 5.02 Å². The molecule has 5 rings (SSSR count). The van der Waals surface area contributed by atoms with Crippen molar-refractivity contribution in [3.63, 3.8) is 0 Å². The van der Waals surface area contributed by atoms with E-state index in [1.165, 1.54) is 0 Å². The molecule has 0 bridgehead atoms. The van der Waals surface area contributed by atoms with E-state index in [4.69, 9.17) is 11.6 Å². The number of aliphatic hydroxyl groups is 1. The van der Waals surface area contributed by atoms with Crippen LogP contribution in [0.5, 0.6) is 0 Å². The van der Waals surface area contributed by atoms with Crippen molar-refractivity contribution in [2.75, 3.05) is 0 Å². The van der Waals surface area contributed by atoms with E-state index in [9.17, 15) is 13.5 Å². The Balaban J connectivity index is 1.63. The normalized spacial score (nSPS) is 15.5. The molecule has 1 saturated carbocycles. The number of nitrogens with zero attached hydrogens (tertiary/aromatic N) is 1. The van der Waals surface area contributed by atoms with Gasteiger partial charge in [0.15, 0.2) is 0 Å². The summed E-state index contributed by atoms with van der Waals surface area (Å²) < 4.78 is 28.7. The fourth-order valence-electron chi connectivity index (χ4n) is 4.15. The van der Waals surface area contributed by atoms with Crippen LogP contribution in [0.25, 0.3) is 22.2 Å². The highest BCUT2D eigenvalue weighted by molar-refractivity contribution is 7.90. The van der Waals surface area contributed by atoms with Gasteiger partial charge in [-0.2, -0.15) is 0 Å². The summed E-state index contributed by atoms with van der Waals surface area (Å²) in [5, 5.41) is 11.5. The van der Waals surface area contributed by atoms with Crippen LogP contribution in [-0.4, -0.2) is 28.7 Å². The zero-order chi connectivity index (χ0) is 24.1. The molecule has 34 heavy (non-hydrogen) atoms. The van der Waals surface area contributed by atoms with E-state index >= 15 is 0 Å². The lowest BCUT2D eigenvalue weighted by Gasteiger charge is -2.19. The highest BCUT2D eigenvalue weighted by atomic mass is 35.5. The Labute approximate surface area is 204 Å². The number of pyridine rings is 1. The molecule has 1 atom stereocenters. The fraction of sp³-hybridized carbons (Fsp3) is 0.269. The lowest BCUT2D eigenvalue weighted by molar-refractivity contribution is 0.0785. The number of aromatic nitrogens is 2. The van der Waals surface area contributed by atoms with Gasteiger partial charge in [0, 0.05) is 27.9 Å². The van der Waals surface area contributed by atoms with E-state index in [2.05, 4.69) is 14.7 Å². The molecule has 6 nitrogen and oxygen atoms in total. The third-order valence-electron chi connectivity index (χ3n) is 6.19. The van der Waals surface area contributed by atoms with Gasteiger partial charge < -0.3 is 10.1 Å². The predicted molar refractivity (Wildman–Crippen MR) is 135 cm³/mol. The van der Waals surface area contributed by atoms with Crippen LogP contribution in [-0.2, 0) is 15.6 Å². The van der Waals surface area contributed by atoms with Gasteiger partial charge in [0.05, 0.1) is 28.1 Å². The molecule has 1 aliphatic carbocycles. The van der Waals surface area contributed by atoms with Crippen molar-refractivity contribution in [2.24, 2.45) is 0 Å². The number of halogens is 1. The van der Waals surface area contributed by atoms with Crippen molar-refractivity contribution in [1.29, 1.82) is 0 Å². The SMILES string of the molecule is CC(C)(O)c1ccnc(-c2cccc3cc([C@H](NS(=O)(=O)C4CC4)c4ccccc4Cl)[nH]c23)c1. The molecule has 0 spiro atoms. The first-order valence-corrected chi connectivity index (χ1v) is 13.1. The number of para-hydroxylation sites is 1. The molecule has 4 aromatic rings. The second-order valence-corrected chi connectivity index (χ2v) is 11.7. The van der Waals surface area contributed by atoms with E-state index in [0.717, 1.165) is 22.0 Å². The maximum absolute atomic E-state index is 12.9. The molecule has 0 unspecified atom stereocenters. The average Bonchev–Trinajstić information content (AvgIpc) is 3.57. The smallest absolute Gasteiger partial charge is 0.215 e. The quantitative estimate of drug-likeness (QED) is 0.325. The van der Waals surface area contributed by atoms with Crippen molar-refractivity contribution >= 4 is 32.5 Å². The first kappa shape index (κ1) is 23.1. The number of fused-ring (bicyclic) bond motifs is 1. The van der Waals surface area contributed by atoms with Gasteiger partial charge in [0.2, 0.25) is 10.0 Å². The summed E-state index contributed by atoms with van der Waals surface area (Å²) in [6.45, 7) is 3.47. The van der Waals surface area contributed by atoms with Gasteiger partial charge in [-0.15, -0.1) is 0 Å². The summed E-state index contributed by atoms with van der Waals surface area (Å²) in [6.07, 6.45) is 3.02. The second kappa shape index (κ2) is 8.50. The molecule has 0 saturated heterocycles. The van der Waals surface area contributed by atoms with E-state index < -0.39 is 21.7 Å². The van der Waals surface area contributed by atoms with Gasteiger partial charge in [0.25, 0.3) is 0 Å². The fourth-order valence-corrected chi connectivity index (χ4v) is 5.92. The Kier molecular flexibility index (Phi) is 5.76. The third-order valence-corrected chi connectivity index (χ3v) is 8.45. The molecule has 0 amide bonds. The number of hydrogen-bond donors (Lipinski definition) is 3. The molecule has 0 radical (unpaired) electrons. The molecule has 3 N–H and O–H groups in total. The number of rotatable bonds is 7. The zero-order valence-corrected chi connectivity index (χ0v) is 20.5. The van der Waals surface area contributed by atoms with Gasteiger partial charge in [-0.25, -0.2) is 13.1 Å². The maximum Gasteiger partial charge on any atom is 0.215 e. The zero-order valence-electron chi connectivity index (χ0n) is 18.9. The Hall–Kier alpha value is -2.71. The first-order chi connectivity index (χ1) is 16.1. The summed E-state index contributed by atoms with van der Waals surface area (Å²) in [7, 11) is -3.49. The monoisotopic (exact) mass is 495 g/mol. The first-order valence-electron chi connectivity index (χ1n) is 11.2. The minimum atomic E-state index is -3.49. The third kappa shape index (κ3) is 4.49. The number of sulfonamides is 1. The summed E-state index contributed by atoms with van der Waals surface area (Å²) >= 11 is 6.50. The number of benzene rings is 2. The molecule has 1 aliphatic rings. The maximum atomic E-state index is 12.9. The summed E-state index contributed by atoms with van der Waals surface area (Å²) in [4.78, 5) is 7.97. The summed E-state index contributed by atoms with van der Waals surface area (Å²) in [5.74, 6) is 0. The Morgan fingerprint density at radius 3 is 2.59 bits per heavy atom. The van der Waals surface area contributed by atoms with Crippen LogP contribution >= 0.6 is 11.6 Å². The van der Waals surface area contributed by atoms with Crippen LogP contribution in [0.4, 0.5) is 0 Å². The molecule has 0 aliphatic heterocycles. The molecule has 1 fully saturated rings. The standard InChI is InChI=1S/C26H26ClN3O3S/c1-26(2,31)17-12-13-28-22(15-17)20-8-5-6-16-14-23(29-24(16)20)25(19-7-3-4-9-21(19)27)30-34(32,33)18-10-11-18/h3-9,12-15,18,25,29-31H,10-11H2,1-2H3/t25-/m1/s1. The van der Waals surface area contributed by atoms with E-state index in [1.54, 1.807) is 32.2 Å². The Morgan fingerprint density at radius 1 is 1.12 bits per heavy atom. The van der Waals surface area contributed by atoms with Crippen LogP contribution < -0.4 is 4.72 Å². The van der Waals surface area contributed by atoms with Gasteiger partial charge in [-0.05, 0) is 62.1 Å². The molecule has 2 aromatic heterocycles. The number of H-pyrrole nitrogens is 1. The van der Waals surface area contributed by atoms with E-state index in [0.29, 0.717) is 34.8 Å². The van der Waals surface area contributed by atoms with Crippen LogP contribution in [0, 0.1) is 0 Å². The summed E-state index contributed by atoms with van der Waals surface area (Å²) in [6, 6.07) is 18.1. The molecule has 2 heterocycles. The van der Waals surface area contributed by atoms with Crippen molar-refractivity contribution < 1.29 is 13.5 Å².